The molecule has 0 aromatic carbocycles. The molecule has 0 saturated carbocycles. The van der Waals surface area contributed by atoms with Crippen molar-refractivity contribution in [2.75, 3.05) is 40.0 Å². The molecule has 1 saturated heterocycles. The highest BCUT2D eigenvalue weighted by atomic mass is 35.5. The van der Waals surface area contributed by atoms with E-state index in [4.69, 9.17) is 21.1 Å². The largest absolute Gasteiger partial charge is 0.462 e. The first-order valence-corrected chi connectivity index (χ1v) is 12.0. The molecule has 0 aliphatic carbocycles. The summed E-state index contributed by atoms with van der Waals surface area (Å²) in [6, 6.07) is 2.96. The van der Waals surface area contributed by atoms with E-state index in [9.17, 15) is 14.9 Å². The number of pyridine rings is 1. The zero-order chi connectivity index (χ0) is 24.8. The molecule has 3 rings (SSSR count). The van der Waals surface area contributed by atoms with E-state index in [1.165, 1.54) is 0 Å². The first kappa shape index (κ1) is 26.2. The predicted octanol–water partition coefficient (Wildman–Crippen LogP) is 2.95. The number of aromatic nitrogens is 1. The molecule has 0 N–H and O–H groups in total. The lowest BCUT2D eigenvalue weighted by molar-refractivity contribution is -0.434. The number of hydrogen-bond acceptors (Lipinski definition) is 9. The molecule has 1 unspecified atom stereocenters. The van der Waals surface area contributed by atoms with Crippen LogP contribution in [0.3, 0.4) is 0 Å². The lowest BCUT2D eigenvalue weighted by Gasteiger charge is -2.42. The number of halogens is 1. The summed E-state index contributed by atoms with van der Waals surface area (Å²) in [5, 5.41) is 12.5. The molecule has 2 aliphatic heterocycles. The van der Waals surface area contributed by atoms with E-state index in [1.54, 1.807) is 12.3 Å². The number of carbonyl (C=O) groups is 1. The zero-order valence-corrected chi connectivity index (χ0v) is 21.0. The Morgan fingerprint density at radius 1 is 1.44 bits per heavy atom. The lowest BCUT2D eigenvalue weighted by atomic mass is 10.0. The Bertz CT molecular complexity index is 888. The van der Waals surface area contributed by atoms with Crippen LogP contribution in [0.5, 0.6) is 0 Å². The summed E-state index contributed by atoms with van der Waals surface area (Å²) in [7, 11) is 1.81. The molecular formula is C23H34ClN5O5. The van der Waals surface area contributed by atoms with Crippen molar-refractivity contribution in [1.29, 1.82) is 0 Å². The Hall–Kier alpha value is -2.43. The molecular weight excluding hydrogens is 462 g/mol. The third kappa shape index (κ3) is 6.37. The number of hydrogen-bond donors (Lipinski definition) is 0. The fraction of sp³-hybridized carbons (Fsp3) is 0.652. The van der Waals surface area contributed by atoms with Crippen molar-refractivity contribution in [3.8, 4) is 0 Å². The molecule has 1 fully saturated rings. The fourth-order valence-corrected chi connectivity index (χ4v) is 4.67. The highest BCUT2D eigenvalue weighted by Gasteiger charge is 2.40. The van der Waals surface area contributed by atoms with Gasteiger partial charge in [0, 0.05) is 32.9 Å². The van der Waals surface area contributed by atoms with Gasteiger partial charge in [-0.3, -0.25) is 19.8 Å². The minimum atomic E-state index is -0.601. The van der Waals surface area contributed by atoms with E-state index in [0.717, 1.165) is 18.4 Å². The second kappa shape index (κ2) is 11.8. The number of rotatable bonds is 10. The zero-order valence-electron chi connectivity index (χ0n) is 20.3. The first-order chi connectivity index (χ1) is 16.2. The average molecular weight is 496 g/mol. The summed E-state index contributed by atoms with van der Waals surface area (Å²) in [5.41, 5.74) is 0.949. The van der Waals surface area contributed by atoms with Crippen LogP contribution < -0.4 is 0 Å². The molecule has 188 valence electrons. The number of nitrogens with zero attached hydrogens (tertiary/aromatic N) is 5. The molecule has 34 heavy (non-hydrogen) atoms. The Morgan fingerprint density at radius 3 is 2.76 bits per heavy atom. The SMILES string of the molecule is CCN(Cc1ccc(Cl)nc1)C1=C([N+](=O)[O-])CN([C@H](C(=O)OCC2CCCO2)C(C)C)CN1C. The van der Waals surface area contributed by atoms with Gasteiger partial charge in [-0.2, -0.15) is 0 Å². The van der Waals surface area contributed by atoms with E-state index < -0.39 is 6.04 Å². The minimum Gasteiger partial charge on any atom is -0.462 e. The maximum atomic E-state index is 13.0. The average Bonchev–Trinajstić information content (AvgIpc) is 3.31. The number of esters is 1. The second-order valence-corrected chi connectivity index (χ2v) is 9.46. The monoisotopic (exact) mass is 495 g/mol. The van der Waals surface area contributed by atoms with Crippen LogP contribution in [-0.2, 0) is 20.8 Å². The van der Waals surface area contributed by atoms with Crippen molar-refractivity contribution in [2.45, 2.75) is 52.3 Å². The molecule has 0 amide bonds. The van der Waals surface area contributed by atoms with E-state index in [1.807, 2.05) is 48.6 Å². The summed E-state index contributed by atoms with van der Waals surface area (Å²) >= 11 is 5.89. The quantitative estimate of drug-likeness (QED) is 0.210. The van der Waals surface area contributed by atoms with Crippen LogP contribution in [0.25, 0.3) is 0 Å². The number of ether oxygens (including phenoxy) is 2. The molecule has 1 aromatic rings. The fourth-order valence-electron chi connectivity index (χ4n) is 4.56. The predicted molar refractivity (Wildman–Crippen MR) is 127 cm³/mol. The van der Waals surface area contributed by atoms with Gasteiger partial charge in [-0.15, -0.1) is 0 Å². The van der Waals surface area contributed by atoms with Crippen molar-refractivity contribution < 1.29 is 19.2 Å². The van der Waals surface area contributed by atoms with Crippen LogP contribution >= 0.6 is 11.6 Å². The van der Waals surface area contributed by atoms with Gasteiger partial charge in [0.15, 0.2) is 5.82 Å². The van der Waals surface area contributed by atoms with Crippen molar-refractivity contribution in [1.82, 2.24) is 19.7 Å². The molecule has 0 spiro atoms. The third-order valence-electron chi connectivity index (χ3n) is 6.13. The van der Waals surface area contributed by atoms with Gasteiger partial charge in [0.1, 0.15) is 17.8 Å². The molecule has 2 aliphatic rings. The minimum absolute atomic E-state index is 0.0416. The van der Waals surface area contributed by atoms with Gasteiger partial charge in [0.2, 0.25) is 0 Å². The van der Waals surface area contributed by atoms with E-state index in [0.29, 0.717) is 37.3 Å². The summed E-state index contributed by atoms with van der Waals surface area (Å²) in [4.78, 5) is 34.5. The van der Waals surface area contributed by atoms with Crippen molar-refractivity contribution >= 4 is 17.6 Å². The van der Waals surface area contributed by atoms with Crippen LogP contribution in [0.1, 0.15) is 39.2 Å². The number of carbonyl (C=O) groups excluding carboxylic acids is 1. The Kier molecular flexibility index (Phi) is 9.10. The lowest BCUT2D eigenvalue weighted by Crippen LogP contribution is -2.55. The molecule has 10 nitrogen and oxygen atoms in total. The first-order valence-electron chi connectivity index (χ1n) is 11.7. The van der Waals surface area contributed by atoms with Crippen LogP contribution in [-0.4, -0.2) is 82.7 Å². The molecule has 2 atom stereocenters. The molecule has 11 heteroatoms. The van der Waals surface area contributed by atoms with Crippen molar-refractivity contribution in [2.24, 2.45) is 5.92 Å². The highest BCUT2D eigenvalue weighted by molar-refractivity contribution is 6.29. The Labute approximate surface area is 205 Å². The normalized spacial score (nSPS) is 20.1. The topological polar surface area (TPSA) is 101 Å². The summed E-state index contributed by atoms with van der Waals surface area (Å²) in [6.45, 7) is 8.13. The molecule has 3 heterocycles. The van der Waals surface area contributed by atoms with Crippen LogP contribution in [0.4, 0.5) is 0 Å². The maximum Gasteiger partial charge on any atom is 0.323 e. The molecule has 1 aromatic heterocycles. The standard InChI is InChI=1S/C23H34ClN5O5/c1-5-27(12-17-8-9-20(24)25-11-17)22-19(29(31)32)13-28(15-26(22)4)21(16(2)3)23(30)34-14-18-7-6-10-33-18/h8-9,11,16,18,21H,5-7,10,12-15H2,1-4H3/t18?,21-/m0/s1. The van der Waals surface area contributed by atoms with E-state index in [2.05, 4.69) is 4.98 Å². The number of nitro groups is 1. The van der Waals surface area contributed by atoms with Crippen LogP contribution in [0.2, 0.25) is 5.15 Å². The summed E-state index contributed by atoms with van der Waals surface area (Å²) < 4.78 is 11.1. The highest BCUT2D eigenvalue weighted by Crippen LogP contribution is 2.27. The third-order valence-corrected chi connectivity index (χ3v) is 6.36. The van der Waals surface area contributed by atoms with Crippen LogP contribution in [0.15, 0.2) is 29.8 Å². The maximum absolute atomic E-state index is 13.0. The second-order valence-electron chi connectivity index (χ2n) is 9.07. The van der Waals surface area contributed by atoms with Crippen molar-refractivity contribution in [3.63, 3.8) is 0 Å². The molecule has 0 bridgehead atoms. The Morgan fingerprint density at radius 2 is 2.21 bits per heavy atom. The van der Waals surface area contributed by atoms with E-state index >= 15 is 0 Å². The van der Waals surface area contributed by atoms with Gasteiger partial charge in [0.25, 0.3) is 5.70 Å². The smallest absolute Gasteiger partial charge is 0.323 e. The van der Waals surface area contributed by atoms with Crippen LogP contribution in [0, 0.1) is 16.0 Å². The Balaban J connectivity index is 1.80. The molecule has 0 radical (unpaired) electrons. The van der Waals surface area contributed by atoms with Gasteiger partial charge in [-0.05, 0) is 37.3 Å². The summed E-state index contributed by atoms with van der Waals surface area (Å²) in [5.74, 6) is 0.0842. The van der Waals surface area contributed by atoms with Gasteiger partial charge >= 0.3 is 5.97 Å². The van der Waals surface area contributed by atoms with Gasteiger partial charge < -0.3 is 19.3 Å². The van der Waals surface area contributed by atoms with Gasteiger partial charge in [-0.25, -0.2) is 4.98 Å². The van der Waals surface area contributed by atoms with Gasteiger partial charge in [0.05, 0.1) is 24.2 Å². The summed E-state index contributed by atoms with van der Waals surface area (Å²) in [6.07, 6.45) is 3.44. The van der Waals surface area contributed by atoms with Crippen molar-refractivity contribution in [3.05, 3.63) is 50.7 Å². The van der Waals surface area contributed by atoms with Gasteiger partial charge in [-0.1, -0.05) is 31.5 Å². The van der Waals surface area contributed by atoms with E-state index in [-0.39, 0.29) is 41.8 Å².